The molecule has 1 N–H and O–H groups in total. The summed E-state index contributed by atoms with van der Waals surface area (Å²) in [6, 6.07) is 0.602. The van der Waals surface area contributed by atoms with Gasteiger partial charge in [-0.05, 0) is 25.7 Å². The molecule has 1 fully saturated rings. The molecule has 0 heterocycles. The van der Waals surface area contributed by atoms with Crippen molar-refractivity contribution in [1.82, 2.24) is 5.32 Å². The molecule has 0 amide bonds. The van der Waals surface area contributed by atoms with E-state index in [0.29, 0.717) is 6.04 Å². The van der Waals surface area contributed by atoms with E-state index in [9.17, 15) is 0 Å². The van der Waals surface area contributed by atoms with Crippen LogP contribution in [-0.4, -0.2) is 12.6 Å². The molecule has 1 saturated carbocycles. The third kappa shape index (κ3) is 4.80. The average molecular weight is 195 g/mol. The van der Waals surface area contributed by atoms with E-state index in [-0.39, 0.29) is 0 Å². The summed E-state index contributed by atoms with van der Waals surface area (Å²) in [6.45, 7) is 7.72. The molecule has 0 radical (unpaired) electrons. The van der Waals surface area contributed by atoms with Crippen LogP contribution < -0.4 is 5.32 Å². The van der Waals surface area contributed by atoms with Gasteiger partial charge in [-0.25, -0.2) is 0 Å². The molecule has 1 aliphatic carbocycles. The maximum Gasteiger partial charge on any atom is 0.0164 e. The second kappa shape index (κ2) is 6.23. The van der Waals surface area contributed by atoms with Crippen LogP contribution in [0, 0.1) is 5.92 Å². The van der Waals surface area contributed by atoms with Gasteiger partial charge >= 0.3 is 0 Å². The molecule has 82 valence electrons. The quantitative estimate of drug-likeness (QED) is 0.677. The molecule has 0 spiro atoms. The molecule has 14 heavy (non-hydrogen) atoms. The second-order valence-electron chi connectivity index (χ2n) is 4.95. The Kier molecular flexibility index (Phi) is 5.24. The van der Waals surface area contributed by atoms with Crippen molar-refractivity contribution in [2.24, 2.45) is 5.92 Å². The maximum atomic E-state index is 3.47. The monoisotopic (exact) mass is 195 g/mol. The largest absolute Gasteiger partial charge is 0.311 e. The lowest BCUT2D eigenvalue weighted by Crippen LogP contribution is -2.24. The van der Waals surface area contributed by atoms with Gasteiger partial charge in [0.15, 0.2) is 0 Å². The highest BCUT2D eigenvalue weighted by molar-refractivity contribution is 5.03. The van der Waals surface area contributed by atoms with Gasteiger partial charge in [-0.2, -0.15) is 0 Å². The zero-order valence-electron chi connectivity index (χ0n) is 9.97. The van der Waals surface area contributed by atoms with Gasteiger partial charge in [-0.1, -0.05) is 44.8 Å². The number of allylic oxidation sites excluding steroid dienone is 1. The fourth-order valence-corrected chi connectivity index (χ4v) is 2.13. The smallest absolute Gasteiger partial charge is 0.0164 e. The van der Waals surface area contributed by atoms with Crippen LogP contribution >= 0.6 is 0 Å². The van der Waals surface area contributed by atoms with Gasteiger partial charge in [0.2, 0.25) is 0 Å². The van der Waals surface area contributed by atoms with Gasteiger partial charge in [-0.15, -0.1) is 0 Å². The highest BCUT2D eigenvalue weighted by Crippen LogP contribution is 2.25. The minimum Gasteiger partial charge on any atom is -0.311 e. The lowest BCUT2D eigenvalue weighted by Gasteiger charge is -2.19. The molecule has 1 nitrogen and oxygen atoms in total. The van der Waals surface area contributed by atoms with E-state index in [0.717, 1.165) is 12.5 Å². The topological polar surface area (TPSA) is 12.0 Å². The van der Waals surface area contributed by atoms with Crippen LogP contribution in [0.4, 0.5) is 0 Å². The van der Waals surface area contributed by atoms with Crippen LogP contribution in [0.2, 0.25) is 0 Å². The lowest BCUT2D eigenvalue weighted by atomic mass is 9.88. The first-order valence-corrected chi connectivity index (χ1v) is 6.09. The molecule has 0 aliphatic heterocycles. The van der Waals surface area contributed by atoms with Crippen molar-refractivity contribution in [1.29, 1.82) is 0 Å². The minimum absolute atomic E-state index is 0.602. The molecule has 0 saturated heterocycles. The van der Waals surface area contributed by atoms with E-state index in [1.807, 2.05) is 0 Å². The molecular weight excluding hydrogens is 170 g/mol. The summed E-state index contributed by atoms with van der Waals surface area (Å²) < 4.78 is 0. The molecule has 0 unspecified atom stereocenters. The van der Waals surface area contributed by atoms with Crippen LogP contribution in [0.25, 0.3) is 0 Å². The Bertz CT molecular complexity index is 176. The summed E-state index contributed by atoms with van der Waals surface area (Å²) in [5.74, 6) is 0.873. The third-order valence-electron chi connectivity index (χ3n) is 2.96. The first-order chi connectivity index (χ1) is 6.68. The Morgan fingerprint density at radius 3 is 2.50 bits per heavy atom. The van der Waals surface area contributed by atoms with Crippen LogP contribution in [0.5, 0.6) is 0 Å². The summed E-state index contributed by atoms with van der Waals surface area (Å²) >= 11 is 0. The van der Waals surface area contributed by atoms with Crippen molar-refractivity contribution in [2.45, 2.75) is 58.9 Å². The normalized spacial score (nSPS) is 20.4. The summed E-state index contributed by atoms with van der Waals surface area (Å²) in [7, 11) is 0. The predicted molar refractivity (Wildman–Crippen MR) is 63.5 cm³/mol. The molecular formula is C13H25N. The Morgan fingerprint density at radius 2 is 1.93 bits per heavy atom. The molecule has 0 aromatic heterocycles. The van der Waals surface area contributed by atoms with Crippen molar-refractivity contribution in [3.63, 3.8) is 0 Å². The Morgan fingerprint density at radius 1 is 1.29 bits per heavy atom. The first-order valence-electron chi connectivity index (χ1n) is 6.09. The van der Waals surface area contributed by atoms with Gasteiger partial charge in [0.1, 0.15) is 0 Å². The summed E-state index contributed by atoms with van der Waals surface area (Å²) in [5.41, 5.74) is 1.52. The van der Waals surface area contributed by atoms with E-state index in [1.165, 1.54) is 37.7 Å². The first kappa shape index (κ1) is 11.8. The van der Waals surface area contributed by atoms with Crippen molar-refractivity contribution in [3.05, 3.63) is 11.6 Å². The predicted octanol–water partition coefficient (Wildman–Crippen LogP) is 3.51. The average Bonchev–Trinajstić information content (AvgIpc) is 2.16. The van der Waals surface area contributed by atoms with Crippen molar-refractivity contribution in [2.75, 3.05) is 6.54 Å². The standard InChI is InChI=1S/C13H25N/c1-11(2)14-10-12(3)9-13-7-5-4-6-8-13/h9,11,13-14H,4-8,10H2,1-3H3. The van der Waals surface area contributed by atoms with Crippen LogP contribution in [0.15, 0.2) is 11.6 Å². The zero-order chi connectivity index (χ0) is 10.4. The third-order valence-corrected chi connectivity index (χ3v) is 2.96. The fourth-order valence-electron chi connectivity index (χ4n) is 2.13. The SMILES string of the molecule is CC(=CC1CCCCC1)CNC(C)C. The van der Waals surface area contributed by atoms with Crippen LogP contribution in [0.3, 0.4) is 0 Å². The summed E-state index contributed by atoms with van der Waals surface area (Å²) in [6.07, 6.45) is 9.65. The van der Waals surface area contributed by atoms with Crippen molar-refractivity contribution >= 4 is 0 Å². The summed E-state index contributed by atoms with van der Waals surface area (Å²) in [4.78, 5) is 0. The molecule has 0 bridgehead atoms. The van der Waals surface area contributed by atoms with E-state index in [4.69, 9.17) is 0 Å². The van der Waals surface area contributed by atoms with Crippen LogP contribution in [0.1, 0.15) is 52.9 Å². The summed E-state index contributed by atoms with van der Waals surface area (Å²) in [5, 5.41) is 3.47. The van der Waals surface area contributed by atoms with Crippen molar-refractivity contribution in [3.8, 4) is 0 Å². The Labute approximate surface area is 89.0 Å². The zero-order valence-corrected chi connectivity index (χ0v) is 9.97. The lowest BCUT2D eigenvalue weighted by molar-refractivity contribution is 0.417. The van der Waals surface area contributed by atoms with E-state index in [2.05, 4.69) is 32.2 Å². The van der Waals surface area contributed by atoms with Gasteiger partial charge in [0, 0.05) is 12.6 Å². The molecule has 1 aliphatic rings. The number of hydrogen-bond donors (Lipinski definition) is 1. The Hall–Kier alpha value is -0.300. The van der Waals surface area contributed by atoms with E-state index in [1.54, 1.807) is 0 Å². The van der Waals surface area contributed by atoms with E-state index >= 15 is 0 Å². The number of hydrogen-bond acceptors (Lipinski definition) is 1. The highest BCUT2D eigenvalue weighted by Gasteiger charge is 2.10. The fraction of sp³-hybridized carbons (Fsp3) is 0.846. The van der Waals surface area contributed by atoms with Gasteiger partial charge in [-0.3, -0.25) is 0 Å². The molecule has 1 heteroatoms. The van der Waals surface area contributed by atoms with Gasteiger partial charge < -0.3 is 5.32 Å². The Balaban J connectivity index is 2.26. The van der Waals surface area contributed by atoms with Gasteiger partial charge in [0.25, 0.3) is 0 Å². The minimum atomic E-state index is 0.602. The molecule has 1 rings (SSSR count). The second-order valence-corrected chi connectivity index (χ2v) is 4.95. The highest BCUT2D eigenvalue weighted by atomic mass is 14.9. The van der Waals surface area contributed by atoms with E-state index < -0.39 is 0 Å². The van der Waals surface area contributed by atoms with Crippen LogP contribution in [-0.2, 0) is 0 Å². The maximum absolute atomic E-state index is 3.47. The number of rotatable bonds is 4. The molecule has 0 aromatic rings. The van der Waals surface area contributed by atoms with Gasteiger partial charge in [0.05, 0.1) is 0 Å². The number of nitrogens with one attached hydrogen (secondary N) is 1. The molecule has 0 aromatic carbocycles. The molecule has 0 atom stereocenters. The van der Waals surface area contributed by atoms with Crippen molar-refractivity contribution < 1.29 is 0 Å².